The molecule has 0 aliphatic rings. The molecule has 0 saturated heterocycles. The molecule has 3 rings (SSSR count). The number of halogens is 1. The SMILES string of the molecule is N#Cc1cnn2c(-c3ccc(F)cc3)ccnc12. The van der Waals surface area contributed by atoms with Crippen molar-refractivity contribution in [2.45, 2.75) is 0 Å². The van der Waals surface area contributed by atoms with Gasteiger partial charge in [-0.3, -0.25) is 0 Å². The van der Waals surface area contributed by atoms with Crippen LogP contribution in [0, 0.1) is 17.1 Å². The zero-order chi connectivity index (χ0) is 12.5. The molecule has 86 valence electrons. The van der Waals surface area contributed by atoms with Gasteiger partial charge in [-0.1, -0.05) is 0 Å². The predicted molar refractivity (Wildman–Crippen MR) is 63.1 cm³/mol. The Bertz CT molecular complexity index is 753. The van der Waals surface area contributed by atoms with E-state index in [1.165, 1.54) is 18.3 Å². The monoisotopic (exact) mass is 238 g/mol. The van der Waals surface area contributed by atoms with Crippen LogP contribution in [-0.2, 0) is 0 Å². The second-order valence-electron chi connectivity index (χ2n) is 3.74. The minimum Gasteiger partial charge on any atom is -0.236 e. The zero-order valence-corrected chi connectivity index (χ0v) is 9.21. The van der Waals surface area contributed by atoms with Gasteiger partial charge in [0, 0.05) is 11.8 Å². The lowest BCUT2D eigenvalue weighted by Crippen LogP contribution is -1.95. The number of hydrogen-bond donors (Lipinski definition) is 0. The smallest absolute Gasteiger partial charge is 0.173 e. The van der Waals surface area contributed by atoms with Crippen molar-refractivity contribution in [2.24, 2.45) is 0 Å². The Labute approximate surface area is 102 Å². The molecule has 5 heteroatoms. The number of nitriles is 1. The third-order valence-corrected chi connectivity index (χ3v) is 2.66. The van der Waals surface area contributed by atoms with Crippen molar-refractivity contribution in [3.8, 4) is 17.3 Å². The molecule has 0 unspecified atom stereocenters. The van der Waals surface area contributed by atoms with E-state index in [-0.39, 0.29) is 5.82 Å². The molecule has 0 fully saturated rings. The third kappa shape index (κ3) is 1.52. The first kappa shape index (κ1) is 10.4. The molecule has 0 bridgehead atoms. The van der Waals surface area contributed by atoms with Crippen LogP contribution in [0.15, 0.2) is 42.7 Å². The van der Waals surface area contributed by atoms with Crippen molar-refractivity contribution in [3.63, 3.8) is 0 Å². The highest BCUT2D eigenvalue weighted by molar-refractivity contribution is 5.65. The molecule has 2 heterocycles. The normalized spacial score (nSPS) is 10.4. The number of nitrogens with zero attached hydrogens (tertiary/aromatic N) is 4. The van der Waals surface area contributed by atoms with E-state index in [1.807, 2.05) is 6.07 Å². The van der Waals surface area contributed by atoms with E-state index < -0.39 is 0 Å². The summed E-state index contributed by atoms with van der Waals surface area (Å²) in [5.41, 5.74) is 2.50. The highest BCUT2D eigenvalue weighted by Gasteiger charge is 2.09. The minimum absolute atomic E-state index is 0.290. The summed E-state index contributed by atoms with van der Waals surface area (Å²) in [6, 6.07) is 9.90. The Morgan fingerprint density at radius 3 is 2.67 bits per heavy atom. The van der Waals surface area contributed by atoms with Gasteiger partial charge in [-0.25, -0.2) is 13.9 Å². The molecule has 0 aliphatic carbocycles. The van der Waals surface area contributed by atoms with Crippen LogP contribution in [0.1, 0.15) is 5.56 Å². The van der Waals surface area contributed by atoms with E-state index >= 15 is 0 Å². The molecule has 0 aliphatic heterocycles. The Hall–Kier alpha value is -2.74. The van der Waals surface area contributed by atoms with Crippen LogP contribution < -0.4 is 0 Å². The van der Waals surface area contributed by atoms with Crippen molar-refractivity contribution < 1.29 is 4.39 Å². The number of benzene rings is 1. The Morgan fingerprint density at radius 1 is 1.17 bits per heavy atom. The number of aromatic nitrogens is 3. The molecule has 4 nitrogen and oxygen atoms in total. The first-order valence-corrected chi connectivity index (χ1v) is 5.28. The van der Waals surface area contributed by atoms with Crippen molar-refractivity contribution in [3.05, 3.63) is 54.1 Å². The minimum atomic E-state index is -0.290. The maximum atomic E-state index is 12.9. The highest BCUT2D eigenvalue weighted by atomic mass is 19.1. The molecule has 0 atom stereocenters. The average molecular weight is 238 g/mol. The van der Waals surface area contributed by atoms with Crippen molar-refractivity contribution in [2.75, 3.05) is 0 Å². The van der Waals surface area contributed by atoms with Crippen LogP contribution in [0.4, 0.5) is 4.39 Å². The molecule has 2 aromatic heterocycles. The van der Waals surface area contributed by atoms with E-state index in [4.69, 9.17) is 5.26 Å². The summed E-state index contributed by atoms with van der Waals surface area (Å²) < 4.78 is 14.5. The largest absolute Gasteiger partial charge is 0.236 e. The van der Waals surface area contributed by atoms with Crippen LogP contribution in [0.3, 0.4) is 0 Å². The molecule has 0 spiro atoms. The molecule has 0 N–H and O–H groups in total. The summed E-state index contributed by atoms with van der Waals surface area (Å²) in [5, 5.41) is 13.1. The maximum Gasteiger partial charge on any atom is 0.173 e. The van der Waals surface area contributed by atoms with Gasteiger partial charge < -0.3 is 0 Å². The Balaban J connectivity index is 2.27. The summed E-state index contributed by atoms with van der Waals surface area (Å²) in [7, 11) is 0. The van der Waals surface area contributed by atoms with Gasteiger partial charge in [0.2, 0.25) is 0 Å². The van der Waals surface area contributed by atoms with Crippen molar-refractivity contribution in [1.29, 1.82) is 5.26 Å². The molecular weight excluding hydrogens is 231 g/mol. The third-order valence-electron chi connectivity index (χ3n) is 2.66. The fourth-order valence-electron chi connectivity index (χ4n) is 1.81. The van der Waals surface area contributed by atoms with E-state index in [0.29, 0.717) is 11.2 Å². The molecule has 0 radical (unpaired) electrons. The topological polar surface area (TPSA) is 54.0 Å². The van der Waals surface area contributed by atoms with Crippen molar-refractivity contribution >= 4 is 5.65 Å². The van der Waals surface area contributed by atoms with Gasteiger partial charge in [-0.2, -0.15) is 10.4 Å². The van der Waals surface area contributed by atoms with E-state index in [1.54, 1.807) is 28.9 Å². The van der Waals surface area contributed by atoms with Crippen molar-refractivity contribution in [1.82, 2.24) is 14.6 Å². The van der Waals surface area contributed by atoms with Gasteiger partial charge in [0.1, 0.15) is 17.4 Å². The fourth-order valence-corrected chi connectivity index (χ4v) is 1.81. The molecule has 3 aromatic rings. The Morgan fingerprint density at radius 2 is 1.94 bits per heavy atom. The fraction of sp³-hybridized carbons (Fsp3) is 0. The standard InChI is InChI=1S/C13H7FN4/c14-11-3-1-9(2-4-11)12-5-6-16-13-10(7-15)8-17-18(12)13/h1-6,8H. The van der Waals surface area contributed by atoms with Crippen LogP contribution in [0.2, 0.25) is 0 Å². The van der Waals surface area contributed by atoms with Gasteiger partial charge in [-0.15, -0.1) is 0 Å². The second-order valence-corrected chi connectivity index (χ2v) is 3.74. The number of hydrogen-bond acceptors (Lipinski definition) is 3. The molecule has 1 aromatic carbocycles. The summed E-state index contributed by atoms with van der Waals surface area (Å²) in [6.07, 6.45) is 3.08. The van der Waals surface area contributed by atoms with Gasteiger partial charge in [0.05, 0.1) is 11.9 Å². The van der Waals surface area contributed by atoms with Gasteiger partial charge in [-0.05, 0) is 30.3 Å². The lowest BCUT2D eigenvalue weighted by Gasteiger charge is -2.04. The predicted octanol–water partition coefficient (Wildman–Crippen LogP) is 2.41. The molecule has 0 amide bonds. The summed E-state index contributed by atoms with van der Waals surface area (Å²) in [5.74, 6) is -0.290. The van der Waals surface area contributed by atoms with Crippen LogP contribution >= 0.6 is 0 Å². The van der Waals surface area contributed by atoms with Crippen LogP contribution in [0.25, 0.3) is 16.9 Å². The van der Waals surface area contributed by atoms with Gasteiger partial charge in [0.15, 0.2) is 5.65 Å². The average Bonchev–Trinajstić information content (AvgIpc) is 2.82. The summed E-state index contributed by atoms with van der Waals surface area (Å²) >= 11 is 0. The lowest BCUT2D eigenvalue weighted by atomic mass is 10.1. The maximum absolute atomic E-state index is 12.9. The number of rotatable bonds is 1. The molecular formula is C13H7FN4. The second kappa shape index (κ2) is 3.93. The van der Waals surface area contributed by atoms with Crippen LogP contribution in [-0.4, -0.2) is 14.6 Å². The van der Waals surface area contributed by atoms with Crippen LogP contribution in [0.5, 0.6) is 0 Å². The first-order valence-electron chi connectivity index (χ1n) is 5.28. The zero-order valence-electron chi connectivity index (χ0n) is 9.21. The van der Waals surface area contributed by atoms with E-state index in [9.17, 15) is 4.39 Å². The summed E-state index contributed by atoms with van der Waals surface area (Å²) in [4.78, 5) is 4.12. The lowest BCUT2D eigenvalue weighted by molar-refractivity contribution is 0.628. The molecule has 0 saturated carbocycles. The first-order chi connectivity index (χ1) is 8.79. The van der Waals surface area contributed by atoms with E-state index in [0.717, 1.165) is 11.3 Å². The van der Waals surface area contributed by atoms with E-state index in [2.05, 4.69) is 10.1 Å². The quantitative estimate of drug-likeness (QED) is 0.654. The van der Waals surface area contributed by atoms with Gasteiger partial charge in [0.25, 0.3) is 0 Å². The number of fused-ring (bicyclic) bond motifs is 1. The Kier molecular flexibility index (Phi) is 2.27. The summed E-state index contributed by atoms with van der Waals surface area (Å²) in [6.45, 7) is 0. The molecule has 18 heavy (non-hydrogen) atoms. The highest BCUT2D eigenvalue weighted by Crippen LogP contribution is 2.20. The van der Waals surface area contributed by atoms with Gasteiger partial charge >= 0.3 is 0 Å².